The largest absolute Gasteiger partial charge is 0.494 e. The van der Waals surface area contributed by atoms with E-state index in [0.29, 0.717) is 19.1 Å². The number of ether oxygens (including phenoxy) is 1. The number of carboxylic acid groups (broad SMARTS) is 1. The monoisotopic (exact) mass is 492 g/mol. The van der Waals surface area contributed by atoms with Crippen LogP contribution < -0.4 is 4.74 Å². The standard InChI is InChI=1S/C30H37FN2O3/c1-4-15-36-22-10-12-23-21(16-22)18-32(19(2)3)13-14-33-27-17-20(30(34)35)9-11-25(27)28(29(23)33)24-7-5-6-8-26(24)31/h9-12,16-17,19,24,26H,4-8,13-15,18H2,1-3H3,(H,34,35)/t24-,26-/m1/s1. The van der Waals surface area contributed by atoms with Crippen molar-refractivity contribution in [2.45, 2.75) is 84.1 Å². The van der Waals surface area contributed by atoms with E-state index >= 15 is 4.39 Å². The van der Waals surface area contributed by atoms with Crippen molar-refractivity contribution in [3.05, 3.63) is 53.1 Å². The van der Waals surface area contributed by atoms with E-state index in [0.717, 1.165) is 78.8 Å². The number of nitrogens with zero attached hydrogens (tertiary/aromatic N) is 2. The SMILES string of the molecule is CCCOc1ccc2c(c1)CN(C(C)C)CCn1c-2c([C@@H]2CCCC[C@H]2F)c2ccc(C(=O)O)cc21. The van der Waals surface area contributed by atoms with Crippen molar-refractivity contribution in [2.75, 3.05) is 13.2 Å². The number of aromatic nitrogens is 1. The molecule has 6 heteroatoms. The number of benzene rings is 2. The number of hydrogen-bond acceptors (Lipinski definition) is 3. The molecule has 36 heavy (non-hydrogen) atoms. The second kappa shape index (κ2) is 10.3. The van der Waals surface area contributed by atoms with E-state index in [1.807, 2.05) is 12.1 Å². The Hall–Kier alpha value is -2.86. The van der Waals surface area contributed by atoms with Gasteiger partial charge in [0.25, 0.3) is 0 Å². The van der Waals surface area contributed by atoms with E-state index in [9.17, 15) is 9.90 Å². The molecular weight excluding hydrogens is 455 g/mol. The van der Waals surface area contributed by atoms with E-state index in [1.165, 1.54) is 5.56 Å². The first kappa shape index (κ1) is 24.8. The highest BCUT2D eigenvalue weighted by atomic mass is 19.1. The fraction of sp³-hybridized carbons (Fsp3) is 0.500. The molecule has 5 nitrogen and oxygen atoms in total. The minimum absolute atomic E-state index is 0.183. The van der Waals surface area contributed by atoms with Gasteiger partial charge in [-0.15, -0.1) is 0 Å². The third-order valence-corrected chi connectivity index (χ3v) is 7.92. The van der Waals surface area contributed by atoms with Gasteiger partial charge in [0.15, 0.2) is 0 Å². The molecule has 1 aromatic heterocycles. The normalized spacial score (nSPS) is 20.6. The maximum atomic E-state index is 15.5. The average Bonchev–Trinajstić information content (AvgIpc) is 3.16. The fourth-order valence-corrected chi connectivity index (χ4v) is 6.03. The Bertz CT molecular complexity index is 1260. The van der Waals surface area contributed by atoms with Crippen LogP contribution in [-0.2, 0) is 13.1 Å². The number of aromatic carboxylic acids is 1. The van der Waals surface area contributed by atoms with Gasteiger partial charge in [-0.25, -0.2) is 9.18 Å². The van der Waals surface area contributed by atoms with Crippen LogP contribution in [-0.4, -0.2) is 45.9 Å². The number of hydrogen-bond donors (Lipinski definition) is 1. The summed E-state index contributed by atoms with van der Waals surface area (Å²) in [5, 5.41) is 10.7. The van der Waals surface area contributed by atoms with Gasteiger partial charge in [-0.05, 0) is 74.6 Å². The highest BCUT2D eigenvalue weighted by Crippen LogP contribution is 2.47. The first-order chi connectivity index (χ1) is 17.4. The molecule has 0 radical (unpaired) electrons. The molecule has 2 atom stereocenters. The third kappa shape index (κ3) is 4.52. The minimum atomic E-state index is -0.942. The summed E-state index contributed by atoms with van der Waals surface area (Å²) in [6.45, 7) is 9.53. The summed E-state index contributed by atoms with van der Waals surface area (Å²) in [5.74, 6) is -0.265. The Morgan fingerprint density at radius 1 is 1.14 bits per heavy atom. The number of fused-ring (bicyclic) bond motifs is 5. The van der Waals surface area contributed by atoms with Gasteiger partial charge in [0.1, 0.15) is 11.9 Å². The zero-order valence-corrected chi connectivity index (χ0v) is 21.6. The Morgan fingerprint density at radius 3 is 2.67 bits per heavy atom. The molecule has 1 N–H and O–H groups in total. The summed E-state index contributed by atoms with van der Waals surface area (Å²) < 4.78 is 23.8. The Kier molecular flexibility index (Phi) is 7.07. The van der Waals surface area contributed by atoms with Gasteiger partial charge in [0.05, 0.1) is 17.9 Å². The van der Waals surface area contributed by atoms with Gasteiger partial charge in [0.2, 0.25) is 0 Å². The van der Waals surface area contributed by atoms with E-state index in [2.05, 4.69) is 42.4 Å². The lowest BCUT2D eigenvalue weighted by Crippen LogP contribution is -2.35. The minimum Gasteiger partial charge on any atom is -0.494 e. The van der Waals surface area contributed by atoms with Crippen LogP contribution in [0.3, 0.4) is 0 Å². The van der Waals surface area contributed by atoms with Crippen LogP contribution in [0.5, 0.6) is 5.75 Å². The van der Waals surface area contributed by atoms with Crippen LogP contribution in [0.25, 0.3) is 22.2 Å². The first-order valence-electron chi connectivity index (χ1n) is 13.4. The number of rotatable bonds is 6. The van der Waals surface area contributed by atoms with Crippen molar-refractivity contribution < 1.29 is 19.0 Å². The highest BCUT2D eigenvalue weighted by molar-refractivity contribution is 5.98. The summed E-state index contributed by atoms with van der Waals surface area (Å²) in [4.78, 5) is 14.3. The third-order valence-electron chi connectivity index (χ3n) is 7.92. The Labute approximate surface area is 212 Å². The van der Waals surface area contributed by atoms with Crippen molar-refractivity contribution in [3.8, 4) is 17.0 Å². The van der Waals surface area contributed by atoms with Crippen molar-refractivity contribution in [2.24, 2.45) is 0 Å². The van der Waals surface area contributed by atoms with E-state index in [-0.39, 0.29) is 11.5 Å². The molecule has 0 amide bonds. The Balaban J connectivity index is 1.79. The molecule has 2 heterocycles. The summed E-state index contributed by atoms with van der Waals surface area (Å²) in [6.07, 6.45) is 3.40. The van der Waals surface area contributed by atoms with Crippen molar-refractivity contribution >= 4 is 16.9 Å². The molecule has 1 aliphatic heterocycles. The molecule has 2 aromatic carbocycles. The van der Waals surface area contributed by atoms with E-state index < -0.39 is 12.1 Å². The average molecular weight is 493 g/mol. The molecule has 3 aromatic rings. The predicted molar refractivity (Wildman–Crippen MR) is 142 cm³/mol. The van der Waals surface area contributed by atoms with Crippen molar-refractivity contribution in [1.29, 1.82) is 0 Å². The van der Waals surface area contributed by atoms with E-state index in [4.69, 9.17) is 4.74 Å². The van der Waals surface area contributed by atoms with Crippen LogP contribution in [0, 0.1) is 0 Å². The van der Waals surface area contributed by atoms with Crippen LogP contribution in [0.2, 0.25) is 0 Å². The number of halogens is 1. The zero-order valence-electron chi connectivity index (χ0n) is 21.6. The van der Waals surface area contributed by atoms with Gasteiger partial charge in [-0.3, -0.25) is 4.90 Å². The molecule has 192 valence electrons. The van der Waals surface area contributed by atoms with E-state index in [1.54, 1.807) is 12.1 Å². The van der Waals surface area contributed by atoms with Crippen LogP contribution in [0.1, 0.15) is 80.3 Å². The maximum Gasteiger partial charge on any atom is 0.335 e. The molecule has 0 bridgehead atoms. The molecule has 1 fully saturated rings. The fourth-order valence-electron chi connectivity index (χ4n) is 6.03. The highest BCUT2D eigenvalue weighted by Gasteiger charge is 2.34. The van der Waals surface area contributed by atoms with Crippen molar-refractivity contribution in [1.82, 2.24) is 9.47 Å². The van der Waals surface area contributed by atoms with Crippen LogP contribution in [0.4, 0.5) is 4.39 Å². The van der Waals surface area contributed by atoms with Gasteiger partial charge >= 0.3 is 5.97 Å². The lowest BCUT2D eigenvalue weighted by atomic mass is 9.80. The lowest BCUT2D eigenvalue weighted by molar-refractivity contribution is 0.0697. The van der Waals surface area contributed by atoms with Gasteiger partial charge in [-0.2, -0.15) is 0 Å². The molecule has 2 aliphatic rings. The van der Waals surface area contributed by atoms with Gasteiger partial charge in [0, 0.05) is 48.1 Å². The second-order valence-electron chi connectivity index (χ2n) is 10.6. The Morgan fingerprint density at radius 2 is 1.94 bits per heavy atom. The van der Waals surface area contributed by atoms with Crippen LogP contribution in [0.15, 0.2) is 36.4 Å². The van der Waals surface area contributed by atoms with Gasteiger partial charge < -0.3 is 14.4 Å². The lowest BCUT2D eigenvalue weighted by Gasteiger charge is -2.32. The topological polar surface area (TPSA) is 54.7 Å². The zero-order chi connectivity index (χ0) is 25.4. The molecule has 1 aliphatic carbocycles. The number of carbonyl (C=O) groups is 1. The first-order valence-corrected chi connectivity index (χ1v) is 13.4. The molecule has 5 rings (SSSR count). The van der Waals surface area contributed by atoms with Gasteiger partial charge in [-0.1, -0.05) is 25.8 Å². The summed E-state index contributed by atoms with van der Waals surface area (Å²) in [5.41, 5.74) is 5.54. The quantitative estimate of drug-likeness (QED) is 0.402. The number of carboxylic acids is 1. The van der Waals surface area contributed by atoms with Crippen molar-refractivity contribution in [3.63, 3.8) is 0 Å². The second-order valence-corrected chi connectivity index (χ2v) is 10.6. The molecule has 0 saturated heterocycles. The van der Waals surface area contributed by atoms with Crippen LogP contribution >= 0.6 is 0 Å². The summed E-state index contributed by atoms with van der Waals surface area (Å²) in [7, 11) is 0. The molecule has 0 spiro atoms. The maximum absolute atomic E-state index is 15.5. The number of alkyl halides is 1. The molecule has 1 saturated carbocycles. The molecular formula is C30H37FN2O3. The summed E-state index contributed by atoms with van der Waals surface area (Å²) >= 11 is 0. The smallest absolute Gasteiger partial charge is 0.335 e. The predicted octanol–water partition coefficient (Wildman–Crippen LogP) is 7.02. The molecule has 0 unspecified atom stereocenters. The summed E-state index contributed by atoms with van der Waals surface area (Å²) in [6, 6.07) is 12.0.